The van der Waals surface area contributed by atoms with E-state index in [0.717, 1.165) is 0 Å². The van der Waals surface area contributed by atoms with E-state index in [1.54, 1.807) is 0 Å². The summed E-state index contributed by atoms with van der Waals surface area (Å²) in [5.41, 5.74) is 0. The minimum atomic E-state index is -2.62. The molecule has 6 heteroatoms. The summed E-state index contributed by atoms with van der Waals surface area (Å²) in [6.45, 7) is 0. The van der Waals surface area contributed by atoms with Gasteiger partial charge in [0.05, 0.1) is 0 Å². The van der Waals surface area contributed by atoms with E-state index in [1.165, 1.54) is 0 Å². The van der Waals surface area contributed by atoms with E-state index >= 15 is 0 Å². The molecule has 0 saturated carbocycles. The number of hydrogen-bond donors (Lipinski definition) is 3. The molecular weight excluding hydrogens is 143 g/mol. The molecule has 6 heavy (non-hydrogen) atoms. The van der Waals surface area contributed by atoms with E-state index in [1.807, 2.05) is 0 Å². The van der Waals surface area contributed by atoms with Gasteiger partial charge >= 0.3 is 69.4 Å². The molecule has 0 fully saturated rings. The third-order valence-electron chi connectivity index (χ3n) is 0. The Morgan fingerprint density at radius 2 is 1.00 bits per heavy atom. The predicted octanol–water partition coefficient (Wildman–Crippen LogP) is -1.57. The molecular formula is H3CaMgO3P+4. The Labute approximate surface area is 82.9 Å². The quantitative estimate of drug-likeness (QED) is 0.286. The van der Waals surface area contributed by atoms with Gasteiger partial charge in [-0.3, -0.25) is 0 Å². The molecule has 0 spiro atoms. The molecule has 26 valence electrons. The average Bonchev–Trinajstić information content (AvgIpc) is 0.811. The maximum absolute atomic E-state index is 7.23. The first kappa shape index (κ1) is 15.8. The molecule has 0 radical (unpaired) electrons. The molecule has 0 unspecified atom stereocenters. The zero-order chi connectivity index (χ0) is 3.58. The van der Waals surface area contributed by atoms with Crippen LogP contribution in [0.15, 0.2) is 0 Å². The fourth-order valence-electron chi connectivity index (χ4n) is 0. The van der Waals surface area contributed by atoms with E-state index in [-0.39, 0.29) is 60.8 Å². The average molecular weight is 146 g/mol. The van der Waals surface area contributed by atoms with E-state index in [2.05, 4.69) is 0 Å². The summed E-state index contributed by atoms with van der Waals surface area (Å²) in [7, 11) is -2.62. The van der Waals surface area contributed by atoms with E-state index in [9.17, 15) is 0 Å². The molecule has 0 atom stereocenters. The maximum atomic E-state index is 7.23. The van der Waals surface area contributed by atoms with Gasteiger partial charge < -0.3 is 14.7 Å². The van der Waals surface area contributed by atoms with Crippen LogP contribution in [-0.4, -0.2) is 75.5 Å². The van der Waals surface area contributed by atoms with Crippen molar-refractivity contribution >= 4 is 69.4 Å². The first-order valence-corrected chi connectivity index (χ1v) is 1.80. The topological polar surface area (TPSA) is 60.7 Å². The Bertz CT molecular complexity index is 15.5. The van der Waals surface area contributed by atoms with Crippen LogP contribution >= 0.6 is 8.60 Å². The summed E-state index contributed by atoms with van der Waals surface area (Å²) in [5, 5.41) is 0. The Hall–Kier alpha value is 2.34. The fourth-order valence-corrected chi connectivity index (χ4v) is 0. The van der Waals surface area contributed by atoms with Crippen LogP contribution in [0.4, 0.5) is 0 Å². The van der Waals surface area contributed by atoms with Crippen LogP contribution in [0.3, 0.4) is 0 Å². The van der Waals surface area contributed by atoms with Gasteiger partial charge in [0.25, 0.3) is 0 Å². The van der Waals surface area contributed by atoms with E-state index < -0.39 is 8.60 Å². The van der Waals surface area contributed by atoms with Gasteiger partial charge in [0.2, 0.25) is 0 Å². The molecule has 0 bridgehead atoms. The van der Waals surface area contributed by atoms with Gasteiger partial charge in [-0.25, -0.2) is 0 Å². The van der Waals surface area contributed by atoms with Crippen LogP contribution < -0.4 is 0 Å². The van der Waals surface area contributed by atoms with Gasteiger partial charge in [-0.1, -0.05) is 0 Å². The summed E-state index contributed by atoms with van der Waals surface area (Å²) >= 11 is 0. The Kier molecular flexibility index (Phi) is 27.2. The van der Waals surface area contributed by atoms with Gasteiger partial charge in [-0.2, -0.15) is 0 Å². The summed E-state index contributed by atoms with van der Waals surface area (Å²) < 4.78 is 0. The Morgan fingerprint density at radius 1 is 1.00 bits per heavy atom. The van der Waals surface area contributed by atoms with Gasteiger partial charge in [0.1, 0.15) is 0 Å². The summed E-state index contributed by atoms with van der Waals surface area (Å²) in [6.07, 6.45) is 0. The molecule has 0 heterocycles. The SMILES string of the molecule is OP(O)O.[Ca+2].[Mg+2]. The Morgan fingerprint density at radius 3 is 1.00 bits per heavy atom. The van der Waals surface area contributed by atoms with Crippen molar-refractivity contribution in [2.45, 2.75) is 0 Å². The number of rotatable bonds is 0. The zero-order valence-electron chi connectivity index (χ0n) is 3.20. The van der Waals surface area contributed by atoms with Crippen LogP contribution in [-0.2, 0) is 0 Å². The molecule has 3 nitrogen and oxygen atoms in total. The molecule has 0 aromatic heterocycles. The summed E-state index contributed by atoms with van der Waals surface area (Å²) in [4.78, 5) is 21.7. The van der Waals surface area contributed by atoms with E-state index in [4.69, 9.17) is 14.7 Å². The molecule has 0 aliphatic rings. The second-order valence-corrected chi connectivity index (χ2v) is 0.805. The van der Waals surface area contributed by atoms with Crippen molar-refractivity contribution in [2.75, 3.05) is 0 Å². The smallest absolute Gasteiger partial charge is 0.328 e. The van der Waals surface area contributed by atoms with Crippen molar-refractivity contribution in [2.24, 2.45) is 0 Å². The molecule has 0 aliphatic heterocycles. The van der Waals surface area contributed by atoms with Crippen LogP contribution in [0.5, 0.6) is 0 Å². The minimum absolute atomic E-state index is 0. The van der Waals surface area contributed by atoms with Gasteiger partial charge in [0, 0.05) is 0 Å². The molecule has 0 rings (SSSR count). The molecule has 0 aromatic rings. The zero-order valence-corrected chi connectivity index (χ0v) is 7.72. The first-order valence-electron chi connectivity index (χ1n) is 0.600. The second-order valence-electron chi connectivity index (χ2n) is 0.268. The fraction of sp³-hybridized carbons (Fsp3) is 0. The van der Waals surface area contributed by atoms with Crippen molar-refractivity contribution in [3.8, 4) is 0 Å². The van der Waals surface area contributed by atoms with Crippen molar-refractivity contribution in [1.29, 1.82) is 0 Å². The monoisotopic (exact) mass is 146 g/mol. The van der Waals surface area contributed by atoms with Crippen LogP contribution in [0.2, 0.25) is 0 Å². The van der Waals surface area contributed by atoms with Crippen molar-refractivity contribution < 1.29 is 14.7 Å². The van der Waals surface area contributed by atoms with Crippen LogP contribution in [0.1, 0.15) is 0 Å². The van der Waals surface area contributed by atoms with Gasteiger partial charge in [-0.05, 0) is 0 Å². The predicted molar refractivity (Wildman–Crippen MR) is 25.1 cm³/mol. The van der Waals surface area contributed by atoms with Gasteiger partial charge in [0.15, 0.2) is 0 Å². The third-order valence-corrected chi connectivity index (χ3v) is 0. The Balaban J connectivity index is -0.0000000450. The molecule has 0 aromatic carbocycles. The number of hydrogen-bond acceptors (Lipinski definition) is 3. The normalized spacial score (nSPS) is 6.00. The summed E-state index contributed by atoms with van der Waals surface area (Å²) in [6, 6.07) is 0. The van der Waals surface area contributed by atoms with Crippen LogP contribution in [0.25, 0.3) is 0 Å². The maximum Gasteiger partial charge on any atom is 2.00 e. The largest absolute Gasteiger partial charge is 2.00 e. The third kappa shape index (κ3) is 33.1. The second kappa shape index (κ2) is 10.3. The van der Waals surface area contributed by atoms with Crippen molar-refractivity contribution in [3.05, 3.63) is 0 Å². The van der Waals surface area contributed by atoms with Gasteiger partial charge in [-0.15, -0.1) is 0 Å². The first-order chi connectivity index (χ1) is 1.73. The molecule has 3 N–H and O–H groups in total. The van der Waals surface area contributed by atoms with Crippen molar-refractivity contribution in [1.82, 2.24) is 0 Å². The molecule has 0 aliphatic carbocycles. The minimum Gasteiger partial charge on any atom is -0.328 e. The molecule has 0 amide bonds. The van der Waals surface area contributed by atoms with Crippen LogP contribution in [0, 0.1) is 0 Å². The van der Waals surface area contributed by atoms with Crippen molar-refractivity contribution in [3.63, 3.8) is 0 Å². The standard InChI is InChI=1S/Ca.Mg.H3O3P/c;;1-4(2)3/h;;1-3H/q2*+2;. The molecule has 0 saturated heterocycles. The van der Waals surface area contributed by atoms with E-state index in [0.29, 0.717) is 0 Å². The summed E-state index contributed by atoms with van der Waals surface area (Å²) in [5.74, 6) is 0.